The summed E-state index contributed by atoms with van der Waals surface area (Å²) >= 11 is 0. The lowest BCUT2D eigenvalue weighted by atomic mass is 10.2. The quantitative estimate of drug-likeness (QED) is 0.861. The summed E-state index contributed by atoms with van der Waals surface area (Å²) in [6.07, 6.45) is 4.42. The fourth-order valence-electron chi connectivity index (χ4n) is 2.00. The molecule has 2 aromatic rings. The maximum Gasteiger partial charge on any atom is 0.146 e. The SMILES string of the molecule is Cc1cccc(OCc2cc(CNC3CC3)co2)c1. The number of furan rings is 1. The van der Waals surface area contributed by atoms with Gasteiger partial charge in [0.15, 0.2) is 0 Å². The van der Waals surface area contributed by atoms with Crippen molar-refractivity contribution in [1.82, 2.24) is 5.32 Å². The van der Waals surface area contributed by atoms with Gasteiger partial charge in [0.1, 0.15) is 18.1 Å². The second-order valence-corrected chi connectivity index (χ2v) is 5.18. The molecule has 0 amide bonds. The highest BCUT2D eigenvalue weighted by atomic mass is 16.5. The Morgan fingerprint density at radius 3 is 3.00 bits per heavy atom. The molecule has 0 atom stereocenters. The van der Waals surface area contributed by atoms with Gasteiger partial charge in [0.2, 0.25) is 0 Å². The first-order valence-electron chi connectivity index (χ1n) is 6.79. The molecule has 1 aromatic carbocycles. The zero-order valence-corrected chi connectivity index (χ0v) is 11.2. The second kappa shape index (κ2) is 5.49. The minimum absolute atomic E-state index is 0.479. The summed E-state index contributed by atoms with van der Waals surface area (Å²) in [4.78, 5) is 0. The predicted octanol–water partition coefficient (Wildman–Crippen LogP) is 3.42. The minimum atomic E-state index is 0.479. The van der Waals surface area contributed by atoms with Crippen LogP contribution in [0.2, 0.25) is 0 Å². The van der Waals surface area contributed by atoms with Gasteiger partial charge < -0.3 is 14.5 Å². The van der Waals surface area contributed by atoms with Gasteiger partial charge in [0, 0.05) is 18.2 Å². The summed E-state index contributed by atoms with van der Waals surface area (Å²) in [5.41, 5.74) is 2.39. The Morgan fingerprint density at radius 2 is 2.21 bits per heavy atom. The van der Waals surface area contributed by atoms with Gasteiger partial charge in [-0.05, 0) is 43.5 Å². The molecule has 19 heavy (non-hydrogen) atoms. The first-order chi connectivity index (χ1) is 9.29. The van der Waals surface area contributed by atoms with Crippen LogP contribution in [0.5, 0.6) is 5.75 Å². The van der Waals surface area contributed by atoms with Crippen LogP contribution in [0.4, 0.5) is 0 Å². The third kappa shape index (κ3) is 3.61. The molecule has 3 heteroatoms. The zero-order valence-electron chi connectivity index (χ0n) is 11.2. The van der Waals surface area contributed by atoms with Crippen LogP contribution in [0.3, 0.4) is 0 Å². The van der Waals surface area contributed by atoms with E-state index in [1.807, 2.05) is 24.5 Å². The number of benzene rings is 1. The summed E-state index contributed by atoms with van der Waals surface area (Å²) in [6.45, 7) is 3.42. The van der Waals surface area contributed by atoms with Gasteiger partial charge in [0.25, 0.3) is 0 Å². The highest BCUT2D eigenvalue weighted by molar-refractivity contribution is 5.27. The summed E-state index contributed by atoms with van der Waals surface area (Å²) in [5, 5.41) is 3.47. The molecule has 1 fully saturated rings. The molecule has 3 rings (SSSR count). The van der Waals surface area contributed by atoms with E-state index in [-0.39, 0.29) is 0 Å². The van der Waals surface area contributed by atoms with Crippen molar-refractivity contribution in [3.05, 3.63) is 53.5 Å². The lowest BCUT2D eigenvalue weighted by Crippen LogP contribution is -2.14. The Hall–Kier alpha value is -1.74. The lowest BCUT2D eigenvalue weighted by Gasteiger charge is -2.04. The highest BCUT2D eigenvalue weighted by Gasteiger charge is 2.20. The lowest BCUT2D eigenvalue weighted by molar-refractivity contribution is 0.270. The van der Waals surface area contributed by atoms with Gasteiger partial charge in [0.05, 0.1) is 6.26 Å². The van der Waals surface area contributed by atoms with Crippen molar-refractivity contribution in [2.75, 3.05) is 0 Å². The largest absolute Gasteiger partial charge is 0.486 e. The third-order valence-electron chi connectivity index (χ3n) is 3.25. The standard InChI is InChI=1S/C16H19NO2/c1-12-3-2-4-15(7-12)19-11-16-8-13(10-18-16)9-17-14-5-6-14/h2-4,7-8,10,14,17H,5-6,9,11H2,1H3. The molecule has 1 heterocycles. The van der Waals surface area contributed by atoms with Crippen molar-refractivity contribution in [2.45, 2.75) is 39.0 Å². The van der Waals surface area contributed by atoms with Crippen molar-refractivity contribution in [3.8, 4) is 5.75 Å². The molecule has 100 valence electrons. The van der Waals surface area contributed by atoms with Crippen molar-refractivity contribution in [2.24, 2.45) is 0 Å². The molecule has 1 aliphatic rings. The fourth-order valence-corrected chi connectivity index (χ4v) is 2.00. The van der Waals surface area contributed by atoms with Crippen LogP contribution in [-0.2, 0) is 13.2 Å². The first kappa shape index (κ1) is 12.3. The summed E-state index contributed by atoms with van der Waals surface area (Å²) in [7, 11) is 0. The third-order valence-corrected chi connectivity index (χ3v) is 3.25. The van der Waals surface area contributed by atoms with Crippen LogP contribution < -0.4 is 10.1 Å². The maximum atomic E-state index is 5.71. The average Bonchev–Trinajstić information content (AvgIpc) is 3.13. The molecule has 3 nitrogen and oxygen atoms in total. The van der Waals surface area contributed by atoms with Crippen LogP contribution in [-0.4, -0.2) is 6.04 Å². The van der Waals surface area contributed by atoms with E-state index >= 15 is 0 Å². The van der Waals surface area contributed by atoms with Gasteiger partial charge >= 0.3 is 0 Å². The van der Waals surface area contributed by atoms with Gasteiger partial charge in [-0.1, -0.05) is 12.1 Å². The van der Waals surface area contributed by atoms with Crippen molar-refractivity contribution in [3.63, 3.8) is 0 Å². The maximum absolute atomic E-state index is 5.71. The van der Waals surface area contributed by atoms with Crippen LogP contribution in [0, 0.1) is 6.92 Å². The Labute approximate surface area is 113 Å². The molecule has 0 radical (unpaired) electrons. The van der Waals surface area contributed by atoms with Gasteiger partial charge in [-0.3, -0.25) is 0 Å². The number of nitrogens with one attached hydrogen (secondary N) is 1. The Kier molecular flexibility index (Phi) is 3.56. The monoisotopic (exact) mass is 257 g/mol. The highest BCUT2D eigenvalue weighted by Crippen LogP contribution is 2.20. The molecule has 1 saturated carbocycles. The van der Waals surface area contributed by atoms with E-state index < -0.39 is 0 Å². The summed E-state index contributed by atoms with van der Waals surface area (Å²) in [6, 6.07) is 10.8. The Morgan fingerprint density at radius 1 is 1.32 bits per heavy atom. The normalized spacial score (nSPS) is 14.6. The van der Waals surface area contributed by atoms with E-state index in [4.69, 9.17) is 9.15 Å². The van der Waals surface area contributed by atoms with Crippen molar-refractivity contribution >= 4 is 0 Å². The van der Waals surface area contributed by atoms with E-state index in [1.54, 1.807) is 0 Å². The van der Waals surface area contributed by atoms with Crippen LogP contribution >= 0.6 is 0 Å². The fraction of sp³-hybridized carbons (Fsp3) is 0.375. The smallest absolute Gasteiger partial charge is 0.146 e. The van der Waals surface area contributed by atoms with E-state index in [0.717, 1.165) is 24.1 Å². The van der Waals surface area contributed by atoms with E-state index in [0.29, 0.717) is 6.61 Å². The zero-order chi connectivity index (χ0) is 13.1. The molecule has 0 unspecified atom stereocenters. The summed E-state index contributed by atoms with van der Waals surface area (Å²) in [5.74, 6) is 1.75. The Balaban J connectivity index is 1.51. The van der Waals surface area contributed by atoms with Crippen LogP contribution in [0.15, 0.2) is 41.0 Å². The molecule has 0 bridgehead atoms. The Bertz CT molecular complexity index is 543. The molecule has 0 saturated heterocycles. The van der Waals surface area contributed by atoms with Crippen molar-refractivity contribution in [1.29, 1.82) is 0 Å². The first-order valence-corrected chi connectivity index (χ1v) is 6.79. The number of hydrogen-bond acceptors (Lipinski definition) is 3. The summed E-state index contributed by atoms with van der Waals surface area (Å²) < 4.78 is 11.2. The van der Waals surface area contributed by atoms with Gasteiger partial charge in [-0.15, -0.1) is 0 Å². The molecular formula is C16H19NO2. The average molecular weight is 257 g/mol. The molecule has 1 aromatic heterocycles. The van der Waals surface area contributed by atoms with E-state index in [2.05, 4.69) is 24.4 Å². The molecule has 1 aliphatic carbocycles. The number of hydrogen-bond donors (Lipinski definition) is 1. The van der Waals surface area contributed by atoms with E-state index in [1.165, 1.54) is 24.0 Å². The molecule has 1 N–H and O–H groups in total. The van der Waals surface area contributed by atoms with Crippen LogP contribution in [0.1, 0.15) is 29.7 Å². The molecule has 0 spiro atoms. The van der Waals surface area contributed by atoms with Crippen LogP contribution in [0.25, 0.3) is 0 Å². The molecule has 0 aliphatic heterocycles. The van der Waals surface area contributed by atoms with Crippen molar-refractivity contribution < 1.29 is 9.15 Å². The molecular weight excluding hydrogens is 238 g/mol. The number of aryl methyl sites for hydroxylation is 1. The predicted molar refractivity (Wildman–Crippen MR) is 74.1 cm³/mol. The van der Waals surface area contributed by atoms with E-state index in [9.17, 15) is 0 Å². The second-order valence-electron chi connectivity index (χ2n) is 5.18. The van der Waals surface area contributed by atoms with Gasteiger partial charge in [-0.2, -0.15) is 0 Å². The number of ether oxygens (including phenoxy) is 1. The minimum Gasteiger partial charge on any atom is -0.486 e. The number of rotatable bonds is 6. The van der Waals surface area contributed by atoms with Gasteiger partial charge in [-0.25, -0.2) is 0 Å². The topological polar surface area (TPSA) is 34.4 Å².